The van der Waals surface area contributed by atoms with Gasteiger partial charge in [0.2, 0.25) is 6.29 Å². The van der Waals surface area contributed by atoms with E-state index < -0.39 is 42.6 Å². The Morgan fingerprint density at radius 2 is 0.981 bits per heavy atom. The van der Waals surface area contributed by atoms with Crippen molar-refractivity contribution in [3.05, 3.63) is 173 Å². The van der Waals surface area contributed by atoms with Gasteiger partial charge < -0.3 is 33.2 Å². The summed E-state index contributed by atoms with van der Waals surface area (Å²) in [7, 11) is 0. The fourth-order valence-electron chi connectivity index (χ4n) is 5.89. The van der Waals surface area contributed by atoms with Gasteiger partial charge in [-0.25, -0.2) is 4.79 Å². The predicted octanol–water partition coefficient (Wildman–Crippen LogP) is 7.47. The molecule has 1 aliphatic heterocycles. The summed E-state index contributed by atoms with van der Waals surface area (Å²) >= 11 is 0. The van der Waals surface area contributed by atoms with Gasteiger partial charge in [0.1, 0.15) is 35.7 Å². The summed E-state index contributed by atoms with van der Waals surface area (Å²) in [5, 5.41) is 0. The molecule has 1 saturated heterocycles. The van der Waals surface area contributed by atoms with Crippen LogP contribution in [0.5, 0.6) is 5.75 Å². The van der Waals surface area contributed by atoms with E-state index in [0.29, 0.717) is 6.61 Å². The molecule has 9 nitrogen and oxygen atoms in total. The summed E-state index contributed by atoms with van der Waals surface area (Å²) in [6.45, 7) is 2.37. The number of rotatable bonds is 16. The fraction of sp³-hybridized carbons (Fsp3) is 0.256. The van der Waals surface area contributed by atoms with Crippen LogP contribution in [-0.4, -0.2) is 49.3 Å². The van der Waals surface area contributed by atoms with Crippen molar-refractivity contribution in [3.63, 3.8) is 0 Å². The maximum Gasteiger partial charge on any atom is 0.344 e. The summed E-state index contributed by atoms with van der Waals surface area (Å²) < 4.78 is 44.2. The Morgan fingerprint density at radius 1 is 0.538 bits per heavy atom. The Balaban J connectivity index is 1.34. The average molecular weight is 703 g/mol. The summed E-state index contributed by atoms with van der Waals surface area (Å²) in [5.74, 6) is -1.26. The van der Waals surface area contributed by atoms with Crippen molar-refractivity contribution in [2.45, 2.75) is 64.1 Å². The Kier molecular flexibility index (Phi) is 13.3. The smallest absolute Gasteiger partial charge is 0.344 e. The molecule has 1 aliphatic rings. The Hall–Kier alpha value is -5.16. The molecular formula is C43H42O9. The Bertz CT molecular complexity index is 1820. The Morgan fingerprint density at radius 3 is 1.50 bits per heavy atom. The summed E-state index contributed by atoms with van der Waals surface area (Å²) in [6, 6.07) is 45.5. The number of hydrogen-bond donors (Lipinski definition) is 0. The van der Waals surface area contributed by atoms with Crippen molar-refractivity contribution < 1.29 is 42.7 Å². The highest BCUT2D eigenvalue weighted by molar-refractivity contribution is 5.93. The van der Waals surface area contributed by atoms with E-state index in [9.17, 15) is 9.59 Å². The highest BCUT2D eigenvalue weighted by Gasteiger charge is 2.50. The SMILES string of the molecule is CC(=O)Oc1ccccc1C(=O)O[C@@H]1O[C@H](COCc2ccccc2)[C@@H](OCc2ccccc2)[C@H](OCc2ccccc2)[C@H]1OCc1ccccc1. The molecule has 0 saturated carbocycles. The molecule has 0 bridgehead atoms. The lowest BCUT2D eigenvalue weighted by Gasteiger charge is -2.45. The standard InChI is InChI=1S/C43H42O9/c1-31(44)50-37-25-15-14-24-36(37)42(45)52-43-41(49-29-35-22-12-5-13-23-35)40(48-28-34-20-10-4-11-21-34)39(47-27-33-18-8-3-9-19-33)38(51-43)30-46-26-32-16-6-2-7-17-32/h2-25,38-41,43H,26-30H2,1H3/t38-,39-,40+,41-,43+/m1/s1. The van der Waals surface area contributed by atoms with Gasteiger partial charge in [-0.15, -0.1) is 0 Å². The van der Waals surface area contributed by atoms with Crippen molar-refractivity contribution in [1.82, 2.24) is 0 Å². The molecule has 1 fully saturated rings. The van der Waals surface area contributed by atoms with E-state index in [1.165, 1.54) is 19.1 Å². The van der Waals surface area contributed by atoms with Gasteiger partial charge in [0.25, 0.3) is 0 Å². The van der Waals surface area contributed by atoms with Crippen LogP contribution in [0.15, 0.2) is 146 Å². The summed E-state index contributed by atoms with van der Waals surface area (Å²) in [5.41, 5.74) is 3.86. The molecular weight excluding hydrogens is 660 g/mol. The molecule has 0 unspecified atom stereocenters. The van der Waals surface area contributed by atoms with Crippen LogP contribution in [0.3, 0.4) is 0 Å². The number of para-hydroxylation sites is 1. The maximum atomic E-state index is 13.9. The minimum atomic E-state index is -1.26. The second-order valence-corrected chi connectivity index (χ2v) is 12.3. The topological polar surface area (TPSA) is 98.8 Å². The molecule has 0 aliphatic carbocycles. The zero-order valence-electron chi connectivity index (χ0n) is 29.0. The van der Waals surface area contributed by atoms with Crippen molar-refractivity contribution in [3.8, 4) is 5.75 Å². The minimum absolute atomic E-state index is 0.0594. The van der Waals surface area contributed by atoms with Gasteiger partial charge in [0.05, 0.1) is 33.0 Å². The average Bonchev–Trinajstić information content (AvgIpc) is 3.18. The molecule has 1 heterocycles. The number of ether oxygens (including phenoxy) is 7. The highest BCUT2D eigenvalue weighted by Crippen LogP contribution is 2.33. The molecule has 6 rings (SSSR count). The fourth-order valence-corrected chi connectivity index (χ4v) is 5.89. The van der Waals surface area contributed by atoms with Crippen molar-refractivity contribution in [1.29, 1.82) is 0 Å². The minimum Gasteiger partial charge on any atom is -0.429 e. The third kappa shape index (κ3) is 10.4. The molecule has 0 radical (unpaired) electrons. The molecule has 0 spiro atoms. The predicted molar refractivity (Wildman–Crippen MR) is 193 cm³/mol. The monoisotopic (exact) mass is 702 g/mol. The first-order valence-electron chi connectivity index (χ1n) is 17.3. The van der Waals surface area contributed by atoms with Gasteiger partial charge in [-0.2, -0.15) is 0 Å². The third-order valence-corrected chi connectivity index (χ3v) is 8.42. The zero-order chi connectivity index (χ0) is 36.0. The second-order valence-electron chi connectivity index (χ2n) is 12.3. The molecule has 5 aromatic carbocycles. The van der Waals surface area contributed by atoms with Crippen molar-refractivity contribution >= 4 is 11.9 Å². The van der Waals surface area contributed by atoms with Crippen molar-refractivity contribution in [2.75, 3.05) is 6.61 Å². The zero-order valence-corrected chi connectivity index (χ0v) is 29.0. The first-order chi connectivity index (χ1) is 25.5. The lowest BCUT2D eigenvalue weighted by atomic mass is 9.97. The molecule has 5 atom stereocenters. The number of hydrogen-bond acceptors (Lipinski definition) is 9. The van der Waals surface area contributed by atoms with Gasteiger partial charge >= 0.3 is 11.9 Å². The highest BCUT2D eigenvalue weighted by atomic mass is 16.7. The van der Waals surface area contributed by atoms with E-state index in [-0.39, 0.29) is 37.7 Å². The van der Waals surface area contributed by atoms with Gasteiger partial charge in [-0.1, -0.05) is 133 Å². The van der Waals surface area contributed by atoms with Gasteiger partial charge in [0, 0.05) is 6.92 Å². The lowest BCUT2D eigenvalue weighted by molar-refractivity contribution is -0.315. The largest absolute Gasteiger partial charge is 0.429 e. The van der Waals surface area contributed by atoms with Gasteiger partial charge in [-0.3, -0.25) is 4.79 Å². The van der Waals surface area contributed by atoms with E-state index in [0.717, 1.165) is 22.3 Å². The molecule has 0 N–H and O–H groups in total. The van der Waals surface area contributed by atoms with Crippen LogP contribution in [0.25, 0.3) is 0 Å². The van der Waals surface area contributed by atoms with Crippen LogP contribution in [0, 0.1) is 0 Å². The molecule has 9 heteroatoms. The number of esters is 2. The number of benzene rings is 5. The van der Waals surface area contributed by atoms with E-state index in [4.69, 9.17) is 33.2 Å². The molecule has 52 heavy (non-hydrogen) atoms. The first-order valence-corrected chi connectivity index (χ1v) is 17.3. The molecule has 268 valence electrons. The van der Waals surface area contributed by atoms with Crippen LogP contribution < -0.4 is 4.74 Å². The van der Waals surface area contributed by atoms with Gasteiger partial charge in [0.15, 0.2) is 0 Å². The van der Waals surface area contributed by atoms with Gasteiger partial charge in [-0.05, 0) is 34.4 Å². The van der Waals surface area contributed by atoms with Crippen LogP contribution in [0.2, 0.25) is 0 Å². The summed E-state index contributed by atoms with van der Waals surface area (Å²) in [4.78, 5) is 25.7. The Labute approximate surface area is 304 Å². The second kappa shape index (κ2) is 18.9. The van der Waals surface area contributed by atoms with Crippen LogP contribution in [-0.2, 0) is 59.6 Å². The molecule has 0 amide bonds. The van der Waals surface area contributed by atoms with E-state index in [1.54, 1.807) is 12.1 Å². The molecule has 5 aromatic rings. The van der Waals surface area contributed by atoms with Crippen LogP contribution in [0.1, 0.15) is 39.5 Å². The quantitative estimate of drug-likeness (QED) is 0.0766. The van der Waals surface area contributed by atoms with Crippen LogP contribution in [0.4, 0.5) is 0 Å². The maximum absolute atomic E-state index is 13.9. The van der Waals surface area contributed by atoms with Crippen molar-refractivity contribution in [2.24, 2.45) is 0 Å². The van der Waals surface area contributed by atoms with Crippen LogP contribution >= 0.6 is 0 Å². The molecule has 0 aromatic heterocycles. The third-order valence-electron chi connectivity index (χ3n) is 8.42. The van der Waals surface area contributed by atoms with E-state index in [2.05, 4.69) is 0 Å². The van der Waals surface area contributed by atoms with E-state index >= 15 is 0 Å². The lowest BCUT2D eigenvalue weighted by Crippen LogP contribution is -2.62. The number of carbonyl (C=O) groups excluding carboxylic acids is 2. The van der Waals surface area contributed by atoms with E-state index in [1.807, 2.05) is 121 Å². The first kappa shape index (κ1) is 36.6. The number of carbonyl (C=O) groups is 2. The summed E-state index contributed by atoms with van der Waals surface area (Å²) in [6.07, 6.45) is -4.44. The normalized spacial score (nSPS) is 19.8.